The van der Waals surface area contributed by atoms with Crippen molar-refractivity contribution >= 4 is 9.84 Å². The van der Waals surface area contributed by atoms with Crippen molar-refractivity contribution < 1.29 is 8.42 Å². The number of hydrazine groups is 1. The van der Waals surface area contributed by atoms with E-state index in [1.54, 1.807) is 19.1 Å². The highest BCUT2D eigenvalue weighted by Crippen LogP contribution is 2.19. The maximum atomic E-state index is 11.0. The topological polar surface area (TPSA) is 40.6 Å². The Balaban J connectivity index is 3.04. The summed E-state index contributed by atoms with van der Waals surface area (Å²) in [5.74, 6) is 0.0440. The van der Waals surface area contributed by atoms with Gasteiger partial charge in [-0.2, -0.15) is 0 Å². The fourth-order valence-electron chi connectivity index (χ4n) is 0.799. The second-order valence-electron chi connectivity index (χ2n) is 2.32. The van der Waals surface area contributed by atoms with Gasteiger partial charge in [0, 0.05) is 14.1 Å². The van der Waals surface area contributed by atoms with Crippen LogP contribution in [0.4, 0.5) is 0 Å². The molecule has 0 aliphatic carbocycles. The first-order valence-electron chi connectivity index (χ1n) is 2.81. The molecule has 0 spiro atoms. The smallest absolute Gasteiger partial charge is 0.209 e. The summed E-state index contributed by atoms with van der Waals surface area (Å²) in [4.78, 5) is 0. The van der Waals surface area contributed by atoms with Gasteiger partial charge >= 0.3 is 0 Å². The molecule has 1 saturated heterocycles. The first-order chi connectivity index (χ1) is 4.45. The molecule has 0 atom stereocenters. The summed E-state index contributed by atoms with van der Waals surface area (Å²) in [6, 6.07) is 0. The van der Waals surface area contributed by atoms with Crippen molar-refractivity contribution in [3.05, 3.63) is 11.6 Å². The number of sulfone groups is 1. The zero-order valence-electron chi connectivity index (χ0n) is 6.03. The molecule has 0 aromatic heterocycles. The van der Waals surface area contributed by atoms with Crippen molar-refractivity contribution in [1.82, 2.24) is 10.0 Å². The molecule has 0 aromatic rings. The van der Waals surface area contributed by atoms with Crippen LogP contribution in [0.2, 0.25) is 0 Å². The molecular weight excluding hydrogens is 152 g/mol. The first kappa shape index (κ1) is 7.56. The van der Waals surface area contributed by atoms with Gasteiger partial charge in [-0.05, 0) is 0 Å². The van der Waals surface area contributed by atoms with Crippen LogP contribution in [-0.2, 0) is 9.84 Å². The standard InChI is InChI=1S/C5H10N2O2S/c1-5-7(3)6(2)4-10(5,8)9/h1,4H2,2-3H3. The van der Waals surface area contributed by atoms with Crippen LogP contribution in [0.5, 0.6) is 0 Å². The summed E-state index contributed by atoms with van der Waals surface area (Å²) in [6.45, 7) is 3.43. The maximum absolute atomic E-state index is 11.0. The zero-order valence-corrected chi connectivity index (χ0v) is 6.85. The largest absolute Gasteiger partial charge is 0.298 e. The van der Waals surface area contributed by atoms with Crippen LogP contribution in [0.25, 0.3) is 0 Å². The Morgan fingerprint density at radius 1 is 1.50 bits per heavy atom. The van der Waals surface area contributed by atoms with E-state index < -0.39 is 9.84 Å². The Morgan fingerprint density at radius 3 is 2.10 bits per heavy atom. The third-order valence-electron chi connectivity index (χ3n) is 1.59. The van der Waals surface area contributed by atoms with Crippen molar-refractivity contribution in [3.63, 3.8) is 0 Å². The summed E-state index contributed by atoms with van der Waals surface area (Å²) < 4.78 is 22.0. The highest BCUT2D eigenvalue weighted by molar-refractivity contribution is 7.95. The van der Waals surface area contributed by atoms with Gasteiger partial charge < -0.3 is 0 Å². The van der Waals surface area contributed by atoms with Crippen LogP contribution in [0, 0.1) is 0 Å². The van der Waals surface area contributed by atoms with E-state index in [2.05, 4.69) is 6.58 Å². The lowest BCUT2D eigenvalue weighted by atomic mass is 10.9. The molecule has 1 aliphatic heterocycles. The van der Waals surface area contributed by atoms with Gasteiger partial charge in [0.2, 0.25) is 9.84 Å². The molecule has 58 valence electrons. The highest BCUT2D eigenvalue weighted by Gasteiger charge is 2.31. The van der Waals surface area contributed by atoms with E-state index in [0.29, 0.717) is 0 Å². The molecule has 0 bridgehead atoms. The van der Waals surface area contributed by atoms with E-state index >= 15 is 0 Å². The Bertz CT molecular complexity index is 257. The lowest BCUT2D eigenvalue weighted by molar-refractivity contribution is 0.116. The fraction of sp³-hybridized carbons (Fsp3) is 0.600. The van der Waals surface area contributed by atoms with Gasteiger partial charge in [-0.1, -0.05) is 6.58 Å². The highest BCUT2D eigenvalue weighted by atomic mass is 32.2. The van der Waals surface area contributed by atoms with Crippen molar-refractivity contribution in [2.75, 3.05) is 20.0 Å². The first-order valence-corrected chi connectivity index (χ1v) is 4.47. The molecule has 1 aliphatic rings. The molecule has 0 saturated carbocycles. The Hall–Kier alpha value is -0.550. The van der Waals surface area contributed by atoms with E-state index in [9.17, 15) is 8.42 Å². The monoisotopic (exact) mass is 162 g/mol. The van der Waals surface area contributed by atoms with Gasteiger partial charge in [-0.3, -0.25) is 5.01 Å². The lowest BCUT2D eigenvalue weighted by Crippen LogP contribution is -2.27. The van der Waals surface area contributed by atoms with Gasteiger partial charge in [0.25, 0.3) is 0 Å². The van der Waals surface area contributed by atoms with Crippen LogP contribution in [0.15, 0.2) is 11.6 Å². The summed E-state index contributed by atoms with van der Waals surface area (Å²) >= 11 is 0. The molecule has 0 amide bonds. The van der Waals surface area contributed by atoms with Crippen molar-refractivity contribution in [3.8, 4) is 0 Å². The minimum atomic E-state index is -3.07. The van der Waals surface area contributed by atoms with E-state index in [0.717, 1.165) is 0 Å². The summed E-state index contributed by atoms with van der Waals surface area (Å²) in [6.07, 6.45) is 0. The molecule has 10 heavy (non-hydrogen) atoms. The third kappa shape index (κ3) is 0.911. The Labute approximate surface area is 60.6 Å². The van der Waals surface area contributed by atoms with E-state index in [1.807, 2.05) is 0 Å². The second kappa shape index (κ2) is 1.96. The predicted molar refractivity (Wildman–Crippen MR) is 38.5 cm³/mol. The van der Waals surface area contributed by atoms with Crippen molar-refractivity contribution in [2.24, 2.45) is 0 Å². The quantitative estimate of drug-likeness (QED) is 0.487. The zero-order chi connectivity index (χ0) is 7.94. The molecule has 1 heterocycles. The minimum absolute atomic E-state index is 0.0440. The van der Waals surface area contributed by atoms with Crippen LogP contribution in [-0.4, -0.2) is 38.4 Å². The Kier molecular flexibility index (Phi) is 1.48. The molecule has 0 aromatic carbocycles. The molecule has 4 nitrogen and oxygen atoms in total. The molecular formula is C5H10N2O2S. The molecule has 0 radical (unpaired) electrons. The summed E-state index contributed by atoms with van der Waals surface area (Å²) in [5, 5.41) is 3.29. The summed E-state index contributed by atoms with van der Waals surface area (Å²) in [5.41, 5.74) is 0. The number of hydrogen-bond donors (Lipinski definition) is 0. The van der Waals surface area contributed by atoms with E-state index in [4.69, 9.17) is 0 Å². The average molecular weight is 162 g/mol. The van der Waals surface area contributed by atoms with Crippen LogP contribution < -0.4 is 0 Å². The third-order valence-corrected chi connectivity index (χ3v) is 3.28. The van der Waals surface area contributed by atoms with Crippen LogP contribution >= 0.6 is 0 Å². The molecule has 1 rings (SSSR count). The average Bonchev–Trinajstić information content (AvgIpc) is 1.95. The molecule has 0 unspecified atom stereocenters. The van der Waals surface area contributed by atoms with Crippen LogP contribution in [0.3, 0.4) is 0 Å². The molecule has 0 N–H and O–H groups in total. The van der Waals surface area contributed by atoms with Gasteiger partial charge in [-0.15, -0.1) is 0 Å². The van der Waals surface area contributed by atoms with Gasteiger partial charge in [0.05, 0.1) is 0 Å². The predicted octanol–water partition coefficient (Wildman–Crippen LogP) is -0.378. The number of nitrogens with zero attached hydrogens (tertiary/aromatic N) is 2. The maximum Gasteiger partial charge on any atom is 0.209 e. The van der Waals surface area contributed by atoms with Gasteiger partial charge in [-0.25, -0.2) is 13.4 Å². The Morgan fingerprint density at radius 2 is 2.00 bits per heavy atom. The molecule has 5 heteroatoms. The van der Waals surface area contributed by atoms with Crippen molar-refractivity contribution in [2.45, 2.75) is 0 Å². The van der Waals surface area contributed by atoms with Crippen LogP contribution in [0.1, 0.15) is 0 Å². The minimum Gasteiger partial charge on any atom is -0.298 e. The van der Waals surface area contributed by atoms with E-state index in [1.165, 1.54) is 5.01 Å². The van der Waals surface area contributed by atoms with E-state index in [-0.39, 0.29) is 10.9 Å². The fourth-order valence-corrected chi connectivity index (χ4v) is 2.15. The normalized spacial score (nSPS) is 25.8. The van der Waals surface area contributed by atoms with Gasteiger partial charge in [0.15, 0.2) is 0 Å². The number of rotatable bonds is 0. The van der Waals surface area contributed by atoms with Crippen molar-refractivity contribution in [1.29, 1.82) is 0 Å². The second-order valence-corrected chi connectivity index (χ2v) is 4.28. The lowest BCUT2D eigenvalue weighted by Gasteiger charge is -2.17. The summed E-state index contributed by atoms with van der Waals surface area (Å²) in [7, 11) is 0.312. The van der Waals surface area contributed by atoms with Gasteiger partial charge in [0.1, 0.15) is 10.9 Å². The number of hydrogen-bond acceptors (Lipinski definition) is 4. The molecule has 1 fully saturated rings. The SMILES string of the molecule is C=C1N(C)N(C)CS1(=O)=O.